The van der Waals surface area contributed by atoms with Gasteiger partial charge < -0.3 is 9.67 Å². The minimum absolute atomic E-state index is 0.157. The summed E-state index contributed by atoms with van der Waals surface area (Å²) in [5.74, 6) is -1.17. The molecule has 2 aromatic rings. The summed E-state index contributed by atoms with van der Waals surface area (Å²) < 4.78 is 1.80. The Hall–Kier alpha value is -1.62. The molecule has 0 aliphatic carbocycles. The van der Waals surface area contributed by atoms with E-state index in [2.05, 4.69) is 0 Å². The van der Waals surface area contributed by atoms with Gasteiger partial charge in [0.15, 0.2) is 0 Å². The van der Waals surface area contributed by atoms with Gasteiger partial charge in [0.05, 0.1) is 5.39 Å². The predicted octanol–water partition coefficient (Wildman–Crippen LogP) is 2.09. The Kier molecular flexibility index (Phi) is 2.55. The fourth-order valence-corrected chi connectivity index (χ4v) is 2.81. The summed E-state index contributed by atoms with van der Waals surface area (Å²) >= 11 is 1.47. The molecule has 2 aromatic heterocycles. The molecule has 0 aromatic carbocycles. The van der Waals surface area contributed by atoms with Crippen molar-refractivity contribution in [3.05, 3.63) is 32.9 Å². The molecular formula is C11H11NO3S. The van der Waals surface area contributed by atoms with E-state index in [4.69, 9.17) is 5.11 Å². The van der Waals surface area contributed by atoms with Crippen LogP contribution in [0.5, 0.6) is 0 Å². The molecule has 0 aliphatic rings. The van der Waals surface area contributed by atoms with Gasteiger partial charge in [-0.1, -0.05) is 0 Å². The normalized spacial score (nSPS) is 10.9. The summed E-state index contributed by atoms with van der Waals surface area (Å²) in [5, 5.41) is 11.4. The Balaban J connectivity index is 2.97. The lowest BCUT2D eigenvalue weighted by molar-refractivity contribution is 0.0695. The highest BCUT2D eigenvalue weighted by molar-refractivity contribution is 7.17. The quantitative estimate of drug-likeness (QED) is 0.870. The van der Waals surface area contributed by atoms with Crippen molar-refractivity contribution in [3.8, 4) is 0 Å². The Morgan fingerprint density at radius 2 is 2.25 bits per heavy atom. The second-order valence-electron chi connectivity index (χ2n) is 3.56. The summed E-state index contributed by atoms with van der Waals surface area (Å²) in [6, 6.07) is 0. The number of carbonyl (C=O) groups is 1. The first-order chi connectivity index (χ1) is 7.56. The van der Waals surface area contributed by atoms with E-state index in [-0.39, 0.29) is 11.0 Å². The molecule has 0 saturated carbocycles. The molecule has 0 bridgehead atoms. The average Bonchev–Trinajstić information content (AvgIpc) is 2.62. The zero-order chi connectivity index (χ0) is 11.9. The van der Waals surface area contributed by atoms with E-state index in [1.165, 1.54) is 17.5 Å². The summed E-state index contributed by atoms with van der Waals surface area (Å²) in [7, 11) is 0. The van der Waals surface area contributed by atoms with Crippen LogP contribution in [0.1, 0.15) is 22.8 Å². The third-order valence-corrected chi connectivity index (χ3v) is 3.68. The van der Waals surface area contributed by atoms with Gasteiger partial charge in [0, 0.05) is 12.7 Å². The number of thiophene rings is 1. The Morgan fingerprint density at radius 3 is 2.81 bits per heavy atom. The maximum Gasteiger partial charge on any atom is 0.341 e. The molecule has 84 valence electrons. The fraction of sp³-hybridized carbons (Fsp3) is 0.273. The summed E-state index contributed by atoms with van der Waals surface area (Å²) in [4.78, 5) is 23.7. The molecule has 0 radical (unpaired) electrons. The van der Waals surface area contributed by atoms with E-state index in [9.17, 15) is 9.59 Å². The molecule has 16 heavy (non-hydrogen) atoms. The van der Waals surface area contributed by atoms with E-state index < -0.39 is 5.97 Å². The number of aromatic carboxylic acids is 1. The van der Waals surface area contributed by atoms with Gasteiger partial charge >= 0.3 is 5.97 Å². The SMILES string of the molecule is CCn1cc(C(=O)O)c(=O)c2c(C)csc21. The van der Waals surface area contributed by atoms with Gasteiger partial charge in [-0.05, 0) is 24.8 Å². The summed E-state index contributed by atoms with van der Waals surface area (Å²) in [5.41, 5.74) is 0.303. The van der Waals surface area contributed by atoms with Crippen LogP contribution in [0.3, 0.4) is 0 Å². The summed E-state index contributed by atoms with van der Waals surface area (Å²) in [6.07, 6.45) is 1.42. The number of fused-ring (bicyclic) bond motifs is 1. The number of nitrogens with zero attached hydrogens (tertiary/aromatic N) is 1. The number of rotatable bonds is 2. The van der Waals surface area contributed by atoms with E-state index in [0.29, 0.717) is 11.9 Å². The highest BCUT2D eigenvalue weighted by atomic mass is 32.1. The molecule has 0 saturated heterocycles. The number of hydrogen-bond donors (Lipinski definition) is 1. The van der Waals surface area contributed by atoms with Crippen molar-refractivity contribution in [2.24, 2.45) is 0 Å². The van der Waals surface area contributed by atoms with Crippen LogP contribution < -0.4 is 5.43 Å². The van der Waals surface area contributed by atoms with Gasteiger partial charge in [-0.25, -0.2) is 4.79 Å². The lowest BCUT2D eigenvalue weighted by Crippen LogP contribution is -2.18. The van der Waals surface area contributed by atoms with Crippen molar-refractivity contribution in [2.45, 2.75) is 20.4 Å². The number of carboxylic acid groups (broad SMARTS) is 1. The molecule has 4 nitrogen and oxygen atoms in total. The zero-order valence-electron chi connectivity index (χ0n) is 8.98. The Labute approximate surface area is 95.8 Å². The highest BCUT2D eigenvalue weighted by Crippen LogP contribution is 2.23. The van der Waals surface area contributed by atoms with Crippen LogP contribution in [0.15, 0.2) is 16.4 Å². The summed E-state index contributed by atoms with van der Waals surface area (Å²) in [6.45, 7) is 4.40. The first-order valence-electron chi connectivity index (χ1n) is 4.90. The molecule has 5 heteroatoms. The van der Waals surface area contributed by atoms with Crippen LogP contribution in [0.25, 0.3) is 10.2 Å². The number of carboxylic acids is 1. The third kappa shape index (κ3) is 1.44. The first kappa shape index (κ1) is 10.9. The monoisotopic (exact) mass is 237 g/mol. The molecule has 2 heterocycles. The standard InChI is InChI=1S/C11H11NO3S/c1-3-12-4-7(11(14)15)9(13)8-6(2)5-16-10(8)12/h4-5H,3H2,1-2H3,(H,14,15). The van der Waals surface area contributed by atoms with Crippen LogP contribution in [0.4, 0.5) is 0 Å². The molecule has 0 unspecified atom stereocenters. The lowest BCUT2D eigenvalue weighted by atomic mass is 10.1. The van der Waals surface area contributed by atoms with Crippen molar-refractivity contribution >= 4 is 27.5 Å². The number of aromatic nitrogens is 1. The second kappa shape index (κ2) is 3.75. The maximum absolute atomic E-state index is 11.9. The van der Waals surface area contributed by atoms with E-state index in [1.807, 2.05) is 19.2 Å². The first-order valence-corrected chi connectivity index (χ1v) is 5.78. The fourth-order valence-electron chi connectivity index (χ4n) is 1.71. The number of aryl methyl sites for hydroxylation is 2. The minimum atomic E-state index is -1.17. The molecule has 0 atom stereocenters. The minimum Gasteiger partial charge on any atom is -0.477 e. The smallest absolute Gasteiger partial charge is 0.341 e. The molecule has 0 spiro atoms. The van der Waals surface area contributed by atoms with Gasteiger partial charge in [-0.3, -0.25) is 4.79 Å². The van der Waals surface area contributed by atoms with Gasteiger partial charge in [0.25, 0.3) is 0 Å². The van der Waals surface area contributed by atoms with Crippen molar-refractivity contribution in [1.29, 1.82) is 0 Å². The molecular weight excluding hydrogens is 226 g/mol. The van der Waals surface area contributed by atoms with Gasteiger partial charge in [-0.2, -0.15) is 0 Å². The van der Waals surface area contributed by atoms with Crippen molar-refractivity contribution in [1.82, 2.24) is 4.57 Å². The number of pyridine rings is 1. The van der Waals surface area contributed by atoms with Crippen LogP contribution in [0.2, 0.25) is 0 Å². The second-order valence-corrected chi connectivity index (χ2v) is 4.42. The largest absolute Gasteiger partial charge is 0.477 e. The van der Waals surface area contributed by atoms with E-state index in [1.54, 1.807) is 4.57 Å². The molecule has 0 fully saturated rings. The Bertz CT molecular complexity index is 624. The van der Waals surface area contributed by atoms with E-state index >= 15 is 0 Å². The average molecular weight is 237 g/mol. The van der Waals surface area contributed by atoms with Crippen LogP contribution in [-0.2, 0) is 6.54 Å². The molecule has 0 aliphatic heterocycles. The zero-order valence-corrected chi connectivity index (χ0v) is 9.80. The van der Waals surface area contributed by atoms with Crippen molar-refractivity contribution in [2.75, 3.05) is 0 Å². The molecule has 2 rings (SSSR count). The predicted molar refractivity (Wildman–Crippen MR) is 63.5 cm³/mol. The Morgan fingerprint density at radius 1 is 1.56 bits per heavy atom. The lowest BCUT2D eigenvalue weighted by Gasteiger charge is -2.06. The maximum atomic E-state index is 11.9. The van der Waals surface area contributed by atoms with Gasteiger partial charge in [0.1, 0.15) is 10.4 Å². The van der Waals surface area contributed by atoms with Crippen molar-refractivity contribution in [3.63, 3.8) is 0 Å². The van der Waals surface area contributed by atoms with Crippen LogP contribution in [0, 0.1) is 6.92 Å². The topological polar surface area (TPSA) is 59.3 Å². The molecule has 0 amide bonds. The highest BCUT2D eigenvalue weighted by Gasteiger charge is 2.16. The van der Waals surface area contributed by atoms with E-state index in [0.717, 1.165) is 10.4 Å². The van der Waals surface area contributed by atoms with Crippen LogP contribution >= 0.6 is 11.3 Å². The van der Waals surface area contributed by atoms with Crippen LogP contribution in [-0.4, -0.2) is 15.6 Å². The number of hydrogen-bond acceptors (Lipinski definition) is 3. The third-order valence-electron chi connectivity index (χ3n) is 2.54. The molecule has 1 N–H and O–H groups in total. The van der Waals surface area contributed by atoms with Crippen molar-refractivity contribution < 1.29 is 9.90 Å². The van der Waals surface area contributed by atoms with Gasteiger partial charge in [0.2, 0.25) is 5.43 Å². The van der Waals surface area contributed by atoms with Gasteiger partial charge in [-0.15, -0.1) is 11.3 Å².